The molecule has 1 aromatic heterocycles. The van der Waals surface area contributed by atoms with E-state index in [2.05, 4.69) is 17.0 Å². The lowest BCUT2D eigenvalue weighted by molar-refractivity contribution is -0.140. The number of benzene rings is 2. The Morgan fingerprint density at radius 1 is 1.06 bits per heavy atom. The molecule has 3 aromatic rings. The number of fused-ring (bicyclic) bond motifs is 1. The summed E-state index contributed by atoms with van der Waals surface area (Å²) in [5.41, 5.74) is 2.61. The van der Waals surface area contributed by atoms with Crippen molar-refractivity contribution >= 4 is 5.97 Å². The van der Waals surface area contributed by atoms with Crippen LogP contribution in [0, 0.1) is 0 Å². The second-order valence-corrected chi connectivity index (χ2v) is 8.47. The van der Waals surface area contributed by atoms with E-state index in [9.17, 15) is 14.7 Å². The van der Waals surface area contributed by atoms with Crippen LogP contribution in [0.25, 0.3) is 0 Å². The van der Waals surface area contributed by atoms with E-state index in [1.807, 2.05) is 12.1 Å². The number of rotatable bonds is 8. The maximum Gasteiger partial charge on any atom is 0.306 e. The van der Waals surface area contributed by atoms with Crippen LogP contribution < -0.4 is 14.9 Å². The Balaban J connectivity index is 1.70. The zero-order chi connectivity index (χ0) is 24.9. The Labute approximate surface area is 203 Å². The third-order valence-corrected chi connectivity index (χ3v) is 6.31. The van der Waals surface area contributed by atoms with Gasteiger partial charge in [0.1, 0.15) is 5.76 Å². The summed E-state index contributed by atoms with van der Waals surface area (Å²) < 4.78 is 21.7. The fraction of sp³-hybridized carbons (Fsp3) is 0.333. The number of esters is 1. The van der Waals surface area contributed by atoms with Gasteiger partial charge < -0.3 is 23.7 Å². The van der Waals surface area contributed by atoms with E-state index in [1.165, 1.54) is 38.5 Å². The van der Waals surface area contributed by atoms with Crippen LogP contribution in [0.1, 0.15) is 40.5 Å². The van der Waals surface area contributed by atoms with Crippen molar-refractivity contribution in [3.63, 3.8) is 0 Å². The maximum absolute atomic E-state index is 12.7. The van der Waals surface area contributed by atoms with Crippen molar-refractivity contribution < 1.29 is 28.5 Å². The Hall–Kier alpha value is -3.78. The normalized spacial score (nSPS) is 14.1. The van der Waals surface area contributed by atoms with Crippen LogP contribution in [-0.2, 0) is 29.0 Å². The van der Waals surface area contributed by atoms with Gasteiger partial charge in [-0.05, 0) is 35.2 Å². The Bertz CT molecular complexity index is 1270. The lowest BCUT2D eigenvalue weighted by Gasteiger charge is -2.28. The fourth-order valence-corrected chi connectivity index (χ4v) is 4.46. The van der Waals surface area contributed by atoms with Gasteiger partial charge in [0.05, 0.1) is 40.2 Å². The second kappa shape index (κ2) is 10.7. The number of nitrogens with zero attached hydrogens (tertiary/aromatic N) is 1. The molecule has 35 heavy (non-hydrogen) atoms. The highest BCUT2D eigenvalue weighted by Gasteiger charge is 2.28. The summed E-state index contributed by atoms with van der Waals surface area (Å²) in [5, 5.41) is 10.7. The molecule has 1 unspecified atom stereocenters. The summed E-state index contributed by atoms with van der Waals surface area (Å²) in [5.74, 6) is -0.411. The third-order valence-electron chi connectivity index (χ3n) is 6.31. The molecule has 0 bridgehead atoms. The average molecular weight is 480 g/mol. The number of carbonyl (C=O) groups is 1. The molecule has 184 valence electrons. The minimum Gasteiger partial charge on any atom is -0.502 e. The molecule has 0 radical (unpaired) electrons. The van der Waals surface area contributed by atoms with Crippen molar-refractivity contribution in [2.24, 2.45) is 0 Å². The summed E-state index contributed by atoms with van der Waals surface area (Å²) >= 11 is 0. The smallest absolute Gasteiger partial charge is 0.306 e. The first-order valence-electron chi connectivity index (χ1n) is 11.4. The minimum atomic E-state index is -0.767. The van der Waals surface area contributed by atoms with Gasteiger partial charge in [0, 0.05) is 19.2 Å². The molecule has 2 aromatic carbocycles. The number of methoxy groups -OCH3 is 3. The number of ether oxygens (including phenoxy) is 3. The van der Waals surface area contributed by atoms with Crippen molar-refractivity contribution in [3.8, 4) is 17.2 Å². The molecule has 0 aliphatic carbocycles. The molecule has 1 aliphatic heterocycles. The first-order chi connectivity index (χ1) is 16.9. The summed E-state index contributed by atoms with van der Waals surface area (Å²) in [7, 11) is 4.32. The van der Waals surface area contributed by atoms with Crippen LogP contribution in [0.4, 0.5) is 0 Å². The van der Waals surface area contributed by atoms with Gasteiger partial charge in [-0.15, -0.1) is 0 Å². The second-order valence-electron chi connectivity index (χ2n) is 8.47. The highest BCUT2D eigenvalue weighted by molar-refractivity contribution is 5.71. The molecule has 1 aliphatic rings. The summed E-state index contributed by atoms with van der Waals surface area (Å²) in [4.78, 5) is 27.2. The molecule has 0 amide bonds. The summed E-state index contributed by atoms with van der Waals surface area (Å²) in [6.07, 6.45) is 0.769. The molecule has 1 N–H and O–H groups in total. The molecule has 0 spiro atoms. The van der Waals surface area contributed by atoms with E-state index in [1.54, 1.807) is 18.2 Å². The van der Waals surface area contributed by atoms with Crippen LogP contribution in [0.5, 0.6) is 17.2 Å². The predicted molar refractivity (Wildman–Crippen MR) is 129 cm³/mol. The monoisotopic (exact) mass is 479 g/mol. The summed E-state index contributed by atoms with van der Waals surface area (Å²) in [6.45, 7) is 1.95. The molecule has 8 nitrogen and oxygen atoms in total. The molecular formula is C27H29NO7. The molecule has 0 fully saturated rings. The van der Waals surface area contributed by atoms with Crippen molar-refractivity contribution in [1.82, 2.24) is 4.90 Å². The average Bonchev–Trinajstić information content (AvgIpc) is 2.88. The molecule has 4 rings (SSSR count). The van der Waals surface area contributed by atoms with Crippen molar-refractivity contribution in [2.45, 2.75) is 31.8 Å². The van der Waals surface area contributed by atoms with Crippen LogP contribution in [0.3, 0.4) is 0 Å². The number of hydrogen-bond donors (Lipinski definition) is 1. The van der Waals surface area contributed by atoms with E-state index in [0.29, 0.717) is 29.4 Å². The Morgan fingerprint density at radius 3 is 2.51 bits per heavy atom. The van der Waals surface area contributed by atoms with E-state index in [0.717, 1.165) is 19.5 Å². The van der Waals surface area contributed by atoms with Crippen molar-refractivity contribution in [3.05, 3.63) is 87.0 Å². The van der Waals surface area contributed by atoms with Crippen LogP contribution in [-0.4, -0.2) is 43.8 Å². The molecule has 2 heterocycles. The van der Waals surface area contributed by atoms with E-state index >= 15 is 0 Å². The SMILES string of the molecule is COC(=O)CC(c1ccc(OC)c(OC)c1)c1oc(CN2CCc3ccccc3C2)cc(=O)c1O. The highest BCUT2D eigenvalue weighted by Crippen LogP contribution is 2.38. The first kappa shape index (κ1) is 24.3. The van der Waals surface area contributed by atoms with Gasteiger partial charge in [0.15, 0.2) is 17.3 Å². The van der Waals surface area contributed by atoms with Gasteiger partial charge >= 0.3 is 5.97 Å². The lowest BCUT2D eigenvalue weighted by atomic mass is 9.91. The van der Waals surface area contributed by atoms with Crippen LogP contribution >= 0.6 is 0 Å². The van der Waals surface area contributed by atoms with Gasteiger partial charge in [0.25, 0.3) is 0 Å². The zero-order valence-electron chi connectivity index (χ0n) is 20.1. The van der Waals surface area contributed by atoms with E-state index in [4.69, 9.17) is 18.6 Å². The Morgan fingerprint density at radius 2 is 1.80 bits per heavy atom. The fourth-order valence-electron chi connectivity index (χ4n) is 4.46. The van der Waals surface area contributed by atoms with Crippen LogP contribution in [0.2, 0.25) is 0 Å². The quantitative estimate of drug-likeness (QED) is 0.489. The van der Waals surface area contributed by atoms with Gasteiger partial charge in [-0.2, -0.15) is 0 Å². The van der Waals surface area contributed by atoms with Gasteiger partial charge in [-0.3, -0.25) is 14.5 Å². The largest absolute Gasteiger partial charge is 0.502 e. The van der Waals surface area contributed by atoms with Crippen LogP contribution in [0.15, 0.2) is 57.7 Å². The Kier molecular flexibility index (Phi) is 7.41. The number of hydrogen-bond acceptors (Lipinski definition) is 8. The molecular weight excluding hydrogens is 450 g/mol. The standard InChI is InChI=1S/C27H29NO7/c1-32-23-9-8-18(12-24(23)33-2)21(14-25(30)34-3)27-26(31)22(29)13-20(35-27)16-28-11-10-17-6-4-5-7-19(17)15-28/h4-9,12-13,21,31H,10-11,14-16H2,1-3H3. The first-order valence-corrected chi connectivity index (χ1v) is 11.4. The highest BCUT2D eigenvalue weighted by atomic mass is 16.5. The number of carbonyl (C=O) groups excluding carboxylic acids is 1. The molecule has 1 atom stereocenters. The summed E-state index contributed by atoms with van der Waals surface area (Å²) in [6, 6.07) is 14.7. The van der Waals surface area contributed by atoms with Gasteiger partial charge in [-0.1, -0.05) is 30.3 Å². The zero-order valence-corrected chi connectivity index (χ0v) is 20.1. The van der Waals surface area contributed by atoms with E-state index < -0.39 is 23.1 Å². The van der Waals surface area contributed by atoms with Gasteiger partial charge in [0.2, 0.25) is 11.2 Å². The predicted octanol–water partition coefficient (Wildman–Crippen LogP) is 3.62. The lowest BCUT2D eigenvalue weighted by Crippen LogP contribution is -2.30. The maximum atomic E-state index is 12.7. The van der Waals surface area contributed by atoms with Crippen molar-refractivity contribution in [1.29, 1.82) is 0 Å². The molecule has 8 heteroatoms. The molecule has 0 saturated heterocycles. The van der Waals surface area contributed by atoms with Gasteiger partial charge in [-0.25, -0.2) is 0 Å². The topological polar surface area (TPSA) is 98.4 Å². The molecule has 0 saturated carbocycles. The van der Waals surface area contributed by atoms with Crippen molar-refractivity contribution in [2.75, 3.05) is 27.9 Å². The third kappa shape index (κ3) is 5.33. The number of aromatic hydroxyl groups is 1. The minimum absolute atomic E-state index is 0.0162. The van der Waals surface area contributed by atoms with E-state index in [-0.39, 0.29) is 12.2 Å².